The summed E-state index contributed by atoms with van der Waals surface area (Å²) in [5.74, 6) is 3.66. The van der Waals surface area contributed by atoms with Crippen LogP contribution in [0.5, 0.6) is 34.5 Å². The van der Waals surface area contributed by atoms with Crippen LogP contribution in [0, 0.1) is 12.8 Å². The van der Waals surface area contributed by atoms with Crippen molar-refractivity contribution in [2.75, 3.05) is 92.0 Å². The molecule has 15 rings (SSSR count). The number of fused-ring (bicyclic) bond motifs is 3. The highest BCUT2D eigenvalue weighted by Gasteiger charge is 2.30. The first-order valence-electron chi connectivity index (χ1n) is 38.1. The van der Waals surface area contributed by atoms with Gasteiger partial charge < -0.3 is 39.0 Å². The summed E-state index contributed by atoms with van der Waals surface area (Å²) in [6.07, 6.45) is 4.99. The lowest BCUT2D eigenvalue weighted by molar-refractivity contribution is 0.0322. The van der Waals surface area contributed by atoms with Crippen molar-refractivity contribution < 1.29 is 39.0 Å². The lowest BCUT2D eigenvalue weighted by atomic mass is 9.77. The molecule has 12 heteroatoms. The summed E-state index contributed by atoms with van der Waals surface area (Å²) in [6.45, 7) is 23.3. The van der Waals surface area contributed by atoms with Crippen LogP contribution in [0.15, 0.2) is 224 Å². The molecule has 3 saturated heterocycles. The fourth-order valence-electron chi connectivity index (χ4n) is 16.1. The highest BCUT2D eigenvalue weighted by molar-refractivity contribution is 6.31. The number of aryl methyl sites for hydroxylation is 2. The number of halogens is 1. The average Bonchev–Trinajstić information content (AvgIpc) is 1.10. The first kappa shape index (κ1) is 73.2. The predicted molar refractivity (Wildman–Crippen MR) is 433 cm³/mol. The summed E-state index contributed by atoms with van der Waals surface area (Å²) in [7, 11) is 0. The monoisotopic (exact) mass is 1430 g/mol. The Kier molecular flexibility index (Phi) is 23.7. The van der Waals surface area contributed by atoms with Crippen molar-refractivity contribution in [2.45, 2.75) is 85.3 Å². The van der Waals surface area contributed by atoms with E-state index in [-0.39, 0.29) is 23.6 Å². The SMILES string of the molecule is CCc1ccccc1-c1cc(O)c2ccccc2c1C(c1ccc(OCCN2CCOCC2)cc1)c1ccc(Cc2c(-c3cccc(Cl)c3CC)ccc3cc(O)ccc23)c(OC(C)N2CCC(C)C2)c1.Cc1ccccc1-c1ccc2cc(O)ccc2c1Cc1ccc(OCCCN2CCOCC2)cc1. The summed E-state index contributed by atoms with van der Waals surface area (Å²) in [6, 6.07) is 77.4. The molecule has 0 amide bonds. The maximum absolute atomic E-state index is 11.9. The van der Waals surface area contributed by atoms with E-state index in [2.05, 4.69) is 207 Å². The first-order chi connectivity index (χ1) is 51.8. The zero-order valence-electron chi connectivity index (χ0n) is 61.8. The summed E-state index contributed by atoms with van der Waals surface area (Å²) >= 11 is 6.92. The molecule has 106 heavy (non-hydrogen) atoms. The highest BCUT2D eigenvalue weighted by Crippen LogP contribution is 2.48. The standard InChI is InChI=1S/C63H65ClN2O5.C31H33NO3/c1-5-43-12-7-8-13-51(43)58-39-60(68)55-14-9-10-15-56(55)63(58)62(44-20-24-49(25-21-44)70-35-32-65-30-33-69-34-31-65)47-19-18-46(61(38-47)71-42(4)66-29-28-41(3)40-66)37-57-52-27-23-48(67)36-45(52)22-26-54(57)53-16-11-17-59(64)50(53)6-2;1-23-5-2-3-6-28(23)30-13-9-25-22-26(33)10-14-29(25)31(30)21-24-7-11-27(12-8-24)35-18-4-15-32-16-19-34-20-17-32/h7-27,36,38-39,41-42,62,67-68H,5-6,28-35,37,40H2,1-4H3;2-3,5-14,22,33H,4,15-21H2,1H3. The van der Waals surface area contributed by atoms with E-state index in [9.17, 15) is 15.3 Å². The Morgan fingerprint density at radius 3 is 1.74 bits per heavy atom. The van der Waals surface area contributed by atoms with Crippen molar-refractivity contribution in [1.82, 2.24) is 14.7 Å². The van der Waals surface area contributed by atoms with E-state index in [0.29, 0.717) is 24.7 Å². The van der Waals surface area contributed by atoms with Gasteiger partial charge in [0.2, 0.25) is 0 Å². The molecule has 12 aromatic carbocycles. The van der Waals surface area contributed by atoms with Gasteiger partial charge in [0.05, 0.1) is 33.0 Å². The van der Waals surface area contributed by atoms with Crippen molar-refractivity contribution in [3.8, 4) is 67.9 Å². The van der Waals surface area contributed by atoms with Crippen LogP contribution in [0.4, 0.5) is 0 Å². The minimum atomic E-state index is -0.281. The van der Waals surface area contributed by atoms with Gasteiger partial charge in [0.25, 0.3) is 0 Å². The summed E-state index contributed by atoms with van der Waals surface area (Å²) in [4.78, 5) is 7.28. The van der Waals surface area contributed by atoms with E-state index in [4.69, 9.17) is 35.3 Å². The number of ether oxygens (including phenoxy) is 5. The number of rotatable bonds is 24. The normalized spacial score (nSPS) is 15.7. The molecule has 3 heterocycles. The number of morpholine rings is 2. The van der Waals surface area contributed by atoms with Crippen LogP contribution < -0.4 is 14.2 Å². The third-order valence-corrected chi connectivity index (χ3v) is 22.2. The molecular formula is C94H98ClN3O8. The van der Waals surface area contributed by atoms with Crippen LogP contribution in [0.3, 0.4) is 0 Å². The number of benzene rings is 12. The predicted octanol–water partition coefficient (Wildman–Crippen LogP) is 20.3. The van der Waals surface area contributed by atoms with Gasteiger partial charge in [0, 0.05) is 75.1 Å². The zero-order chi connectivity index (χ0) is 73.0. The molecule has 0 radical (unpaired) electrons. The molecule has 3 aliphatic heterocycles. The first-order valence-corrected chi connectivity index (χ1v) is 38.5. The number of phenols is 3. The van der Waals surface area contributed by atoms with Crippen LogP contribution >= 0.6 is 11.6 Å². The summed E-state index contributed by atoms with van der Waals surface area (Å²) in [5, 5.41) is 39.4. The molecule has 3 atom stereocenters. The Morgan fingerprint density at radius 1 is 0.491 bits per heavy atom. The third kappa shape index (κ3) is 16.9. The third-order valence-electron chi connectivity index (χ3n) is 21.8. The van der Waals surface area contributed by atoms with Crippen LogP contribution in [0.25, 0.3) is 65.7 Å². The smallest absolute Gasteiger partial charge is 0.149 e. The Morgan fingerprint density at radius 2 is 1.08 bits per heavy atom. The van der Waals surface area contributed by atoms with Crippen LogP contribution in [-0.4, -0.2) is 128 Å². The molecule has 3 fully saturated rings. The Bertz CT molecular complexity index is 5010. The summed E-state index contributed by atoms with van der Waals surface area (Å²) < 4.78 is 30.7. The molecule has 0 aliphatic carbocycles. The van der Waals surface area contributed by atoms with Crippen molar-refractivity contribution in [2.24, 2.45) is 5.92 Å². The van der Waals surface area contributed by atoms with Gasteiger partial charge in [-0.2, -0.15) is 0 Å². The fourth-order valence-corrected chi connectivity index (χ4v) is 16.4. The van der Waals surface area contributed by atoms with E-state index < -0.39 is 0 Å². The second-order valence-corrected chi connectivity index (χ2v) is 29.2. The van der Waals surface area contributed by atoms with Gasteiger partial charge in [-0.25, -0.2) is 0 Å². The molecule has 12 aromatic rings. The van der Waals surface area contributed by atoms with Crippen LogP contribution in [-0.2, 0) is 35.2 Å². The zero-order valence-corrected chi connectivity index (χ0v) is 62.6. The second-order valence-electron chi connectivity index (χ2n) is 28.8. The maximum Gasteiger partial charge on any atom is 0.149 e. The van der Waals surface area contributed by atoms with Crippen molar-refractivity contribution in [3.05, 3.63) is 285 Å². The van der Waals surface area contributed by atoms with Crippen LogP contribution in [0.1, 0.15) is 102 Å². The molecule has 3 N–H and O–H groups in total. The average molecular weight is 1430 g/mol. The van der Waals surface area contributed by atoms with Crippen LogP contribution in [0.2, 0.25) is 5.02 Å². The molecule has 0 bridgehead atoms. The lowest BCUT2D eigenvalue weighted by Gasteiger charge is -2.29. The van der Waals surface area contributed by atoms with E-state index in [0.717, 1.165) is 222 Å². The molecule has 0 spiro atoms. The molecular weight excluding hydrogens is 1330 g/mol. The van der Waals surface area contributed by atoms with E-state index in [1.54, 1.807) is 12.1 Å². The van der Waals surface area contributed by atoms with Gasteiger partial charge in [-0.1, -0.05) is 190 Å². The van der Waals surface area contributed by atoms with Gasteiger partial charge in [0.15, 0.2) is 0 Å². The molecule has 544 valence electrons. The molecule has 0 aromatic heterocycles. The molecule has 0 saturated carbocycles. The number of hydrogen-bond acceptors (Lipinski definition) is 11. The maximum atomic E-state index is 11.9. The summed E-state index contributed by atoms with van der Waals surface area (Å²) in [5.41, 5.74) is 18.4. The van der Waals surface area contributed by atoms with E-state index in [1.165, 1.54) is 38.8 Å². The number of phenolic OH excluding ortho intramolecular Hbond substituents is 3. The van der Waals surface area contributed by atoms with Gasteiger partial charge in [0.1, 0.15) is 47.3 Å². The van der Waals surface area contributed by atoms with Crippen molar-refractivity contribution >= 4 is 43.9 Å². The number of hydrogen-bond donors (Lipinski definition) is 3. The van der Waals surface area contributed by atoms with Gasteiger partial charge in [-0.05, 0) is 235 Å². The van der Waals surface area contributed by atoms with Gasteiger partial charge in [-0.15, -0.1) is 0 Å². The fraction of sp³-hybridized carbons (Fsp3) is 0.298. The van der Waals surface area contributed by atoms with E-state index in [1.807, 2.05) is 54.6 Å². The van der Waals surface area contributed by atoms with Gasteiger partial charge >= 0.3 is 0 Å². The number of nitrogens with zero attached hydrogens (tertiary/aromatic N) is 3. The Labute approximate surface area is 630 Å². The van der Waals surface area contributed by atoms with Crippen molar-refractivity contribution in [3.63, 3.8) is 0 Å². The number of likely N-dealkylation sites (tertiary alicyclic amines) is 1. The quantitative estimate of drug-likeness (QED) is 0.0397. The molecule has 3 unspecified atom stereocenters. The number of aromatic hydroxyl groups is 3. The highest BCUT2D eigenvalue weighted by atomic mass is 35.5. The minimum Gasteiger partial charge on any atom is -0.508 e. The molecule has 11 nitrogen and oxygen atoms in total. The van der Waals surface area contributed by atoms with E-state index >= 15 is 0 Å². The minimum absolute atomic E-state index is 0.175. The Hall–Kier alpha value is -9.69. The topological polar surface area (TPSA) is 117 Å². The molecule has 3 aliphatic rings. The largest absolute Gasteiger partial charge is 0.508 e. The second kappa shape index (κ2) is 34.3. The Balaban J connectivity index is 0.000000225. The lowest BCUT2D eigenvalue weighted by Crippen LogP contribution is -2.38. The van der Waals surface area contributed by atoms with Crippen molar-refractivity contribution in [1.29, 1.82) is 0 Å². The van der Waals surface area contributed by atoms with Gasteiger partial charge in [-0.3, -0.25) is 14.7 Å².